The number of anilines is 1. The molecule has 1 aromatic heterocycles. The lowest BCUT2D eigenvalue weighted by Gasteiger charge is -2.10. The number of carbonyl (C=O) groups is 1. The molecule has 2 aromatic rings. The number of nitrogens with zero attached hydrogens (tertiary/aromatic N) is 2. The van der Waals surface area contributed by atoms with E-state index < -0.39 is 5.91 Å². The number of amides is 1. The molecule has 1 aromatic carbocycles. The molecule has 0 fully saturated rings. The van der Waals surface area contributed by atoms with Crippen LogP contribution in [-0.2, 0) is 17.9 Å². The molecule has 1 heterocycles. The lowest BCUT2D eigenvalue weighted by molar-refractivity contribution is -0.118. The molecular formula is C14H18N4O. The minimum absolute atomic E-state index is 0.102. The van der Waals surface area contributed by atoms with E-state index in [0.717, 1.165) is 12.2 Å². The second kappa shape index (κ2) is 5.56. The lowest BCUT2D eigenvalue weighted by atomic mass is 10.0. The number of nitrogens with one attached hydrogen (secondary N) is 1. The molecule has 100 valence electrons. The van der Waals surface area contributed by atoms with Crippen LogP contribution in [0, 0.1) is 13.8 Å². The van der Waals surface area contributed by atoms with Gasteiger partial charge in [0.25, 0.3) is 0 Å². The van der Waals surface area contributed by atoms with E-state index in [4.69, 9.17) is 5.73 Å². The van der Waals surface area contributed by atoms with Gasteiger partial charge in [-0.25, -0.2) is 0 Å². The Morgan fingerprint density at radius 3 is 2.68 bits per heavy atom. The first-order valence-corrected chi connectivity index (χ1v) is 6.16. The molecule has 3 N–H and O–H groups in total. The Morgan fingerprint density at radius 1 is 1.37 bits per heavy atom. The van der Waals surface area contributed by atoms with Gasteiger partial charge in [0.2, 0.25) is 5.91 Å². The highest BCUT2D eigenvalue weighted by Gasteiger charge is 2.04. The monoisotopic (exact) mass is 258 g/mol. The normalized spacial score (nSPS) is 10.4. The first-order chi connectivity index (χ1) is 9.06. The van der Waals surface area contributed by atoms with Gasteiger partial charge >= 0.3 is 0 Å². The highest BCUT2D eigenvalue weighted by atomic mass is 16.1. The van der Waals surface area contributed by atoms with Gasteiger partial charge in [-0.1, -0.05) is 18.2 Å². The van der Waals surface area contributed by atoms with Crippen molar-refractivity contribution in [1.29, 1.82) is 0 Å². The molecule has 0 saturated carbocycles. The second-order valence-corrected chi connectivity index (χ2v) is 4.62. The average Bonchev–Trinajstić information content (AvgIpc) is 2.75. The zero-order chi connectivity index (χ0) is 13.8. The minimum Gasteiger partial charge on any atom is -0.378 e. The van der Waals surface area contributed by atoms with Crippen LogP contribution in [0.4, 0.5) is 5.69 Å². The summed E-state index contributed by atoms with van der Waals surface area (Å²) in [6, 6.07) is 6.25. The Labute approximate surface area is 112 Å². The zero-order valence-corrected chi connectivity index (χ0v) is 11.2. The Morgan fingerprint density at radius 2 is 2.05 bits per heavy atom. The van der Waals surface area contributed by atoms with Crippen molar-refractivity contribution < 1.29 is 4.79 Å². The third kappa shape index (κ3) is 3.34. The molecule has 0 spiro atoms. The van der Waals surface area contributed by atoms with Gasteiger partial charge < -0.3 is 11.1 Å². The minimum atomic E-state index is -0.399. The molecule has 0 bridgehead atoms. The number of rotatable bonds is 5. The molecule has 0 aliphatic rings. The number of nitrogens with two attached hydrogens (primary N) is 1. The van der Waals surface area contributed by atoms with E-state index in [1.54, 1.807) is 12.4 Å². The van der Waals surface area contributed by atoms with Crippen LogP contribution in [0.1, 0.15) is 16.7 Å². The van der Waals surface area contributed by atoms with Crippen LogP contribution in [0.5, 0.6) is 0 Å². The topological polar surface area (TPSA) is 72.9 Å². The van der Waals surface area contributed by atoms with Crippen molar-refractivity contribution in [3.05, 3.63) is 47.3 Å². The number of aromatic nitrogens is 2. The van der Waals surface area contributed by atoms with Gasteiger partial charge in [0.15, 0.2) is 0 Å². The van der Waals surface area contributed by atoms with Crippen molar-refractivity contribution in [2.45, 2.75) is 26.9 Å². The summed E-state index contributed by atoms with van der Waals surface area (Å²) in [6.07, 6.45) is 3.47. The molecule has 2 rings (SSSR count). The van der Waals surface area contributed by atoms with Crippen molar-refractivity contribution in [3.63, 3.8) is 0 Å². The van der Waals surface area contributed by atoms with Crippen molar-refractivity contribution in [2.75, 3.05) is 5.32 Å². The fourth-order valence-corrected chi connectivity index (χ4v) is 2.02. The molecule has 0 aliphatic carbocycles. The maximum Gasteiger partial charge on any atom is 0.239 e. The maximum absolute atomic E-state index is 10.8. The highest BCUT2D eigenvalue weighted by molar-refractivity contribution is 5.73. The lowest BCUT2D eigenvalue weighted by Crippen LogP contribution is -2.18. The van der Waals surface area contributed by atoms with Gasteiger partial charge in [-0.05, 0) is 30.5 Å². The molecule has 0 radical (unpaired) electrons. The van der Waals surface area contributed by atoms with E-state index in [-0.39, 0.29) is 6.54 Å². The van der Waals surface area contributed by atoms with Crippen molar-refractivity contribution >= 4 is 11.6 Å². The van der Waals surface area contributed by atoms with Crippen LogP contribution in [0.3, 0.4) is 0 Å². The van der Waals surface area contributed by atoms with E-state index in [9.17, 15) is 4.79 Å². The molecule has 0 saturated heterocycles. The van der Waals surface area contributed by atoms with Gasteiger partial charge in [-0.2, -0.15) is 5.10 Å². The quantitative estimate of drug-likeness (QED) is 0.855. The van der Waals surface area contributed by atoms with E-state index in [2.05, 4.69) is 42.5 Å². The average molecular weight is 258 g/mol. The van der Waals surface area contributed by atoms with Crippen LogP contribution in [0.25, 0.3) is 0 Å². The molecule has 0 aliphatic heterocycles. The largest absolute Gasteiger partial charge is 0.378 e. The Hall–Kier alpha value is -2.30. The number of benzene rings is 1. The first-order valence-electron chi connectivity index (χ1n) is 6.16. The van der Waals surface area contributed by atoms with Gasteiger partial charge in [0, 0.05) is 12.7 Å². The molecule has 5 heteroatoms. The SMILES string of the molecule is Cc1cccc(C)c1CNc1cnn(CC(N)=O)c1. The van der Waals surface area contributed by atoms with Gasteiger partial charge in [-0.3, -0.25) is 9.48 Å². The molecular weight excluding hydrogens is 240 g/mol. The van der Waals surface area contributed by atoms with Crippen LogP contribution >= 0.6 is 0 Å². The summed E-state index contributed by atoms with van der Waals surface area (Å²) in [4.78, 5) is 10.8. The summed E-state index contributed by atoms with van der Waals surface area (Å²) in [5, 5.41) is 7.37. The summed E-state index contributed by atoms with van der Waals surface area (Å²) < 4.78 is 1.52. The Balaban J connectivity index is 2.02. The number of aryl methyl sites for hydroxylation is 2. The van der Waals surface area contributed by atoms with Crippen molar-refractivity contribution in [2.24, 2.45) is 5.73 Å². The van der Waals surface area contributed by atoms with E-state index in [0.29, 0.717) is 0 Å². The molecule has 1 amide bonds. The Bertz CT molecular complexity index is 569. The van der Waals surface area contributed by atoms with Gasteiger partial charge in [-0.15, -0.1) is 0 Å². The van der Waals surface area contributed by atoms with Crippen LogP contribution in [-0.4, -0.2) is 15.7 Å². The van der Waals surface area contributed by atoms with E-state index >= 15 is 0 Å². The standard InChI is InChI=1S/C14H18N4O/c1-10-4-3-5-11(2)13(10)7-16-12-6-17-18(8-12)9-14(15)19/h3-6,8,16H,7,9H2,1-2H3,(H2,15,19). The molecule has 0 atom stereocenters. The van der Waals surface area contributed by atoms with Crippen LogP contribution < -0.4 is 11.1 Å². The predicted molar refractivity (Wildman–Crippen MR) is 74.7 cm³/mol. The third-order valence-electron chi connectivity index (χ3n) is 3.06. The van der Waals surface area contributed by atoms with Crippen LogP contribution in [0.15, 0.2) is 30.6 Å². The first kappa shape index (κ1) is 13.1. The zero-order valence-electron chi connectivity index (χ0n) is 11.2. The number of hydrogen-bond acceptors (Lipinski definition) is 3. The Kier molecular flexibility index (Phi) is 3.85. The summed E-state index contributed by atoms with van der Waals surface area (Å²) >= 11 is 0. The second-order valence-electron chi connectivity index (χ2n) is 4.62. The van der Waals surface area contributed by atoms with Crippen molar-refractivity contribution in [3.8, 4) is 0 Å². The summed E-state index contributed by atoms with van der Waals surface area (Å²) in [7, 11) is 0. The predicted octanol–water partition coefficient (Wildman–Crippen LogP) is 1.60. The smallest absolute Gasteiger partial charge is 0.239 e. The highest BCUT2D eigenvalue weighted by Crippen LogP contribution is 2.15. The fourth-order valence-electron chi connectivity index (χ4n) is 2.02. The van der Waals surface area contributed by atoms with Crippen LogP contribution in [0.2, 0.25) is 0 Å². The van der Waals surface area contributed by atoms with Crippen molar-refractivity contribution in [1.82, 2.24) is 9.78 Å². The number of primary amides is 1. The fraction of sp³-hybridized carbons (Fsp3) is 0.286. The number of carbonyl (C=O) groups excluding carboxylic acids is 1. The summed E-state index contributed by atoms with van der Waals surface area (Å²) in [5.41, 5.74) is 9.80. The van der Waals surface area contributed by atoms with E-state index in [1.165, 1.54) is 21.4 Å². The van der Waals surface area contributed by atoms with Gasteiger partial charge in [0.05, 0.1) is 11.9 Å². The van der Waals surface area contributed by atoms with E-state index in [1.807, 2.05) is 0 Å². The summed E-state index contributed by atoms with van der Waals surface area (Å²) in [6.45, 7) is 5.03. The van der Waals surface area contributed by atoms with Gasteiger partial charge in [0.1, 0.15) is 6.54 Å². The molecule has 19 heavy (non-hydrogen) atoms. The summed E-state index contributed by atoms with van der Waals surface area (Å²) in [5.74, 6) is -0.399. The number of hydrogen-bond donors (Lipinski definition) is 2. The molecule has 5 nitrogen and oxygen atoms in total. The maximum atomic E-state index is 10.8. The molecule has 0 unspecified atom stereocenters. The third-order valence-corrected chi connectivity index (χ3v) is 3.06.